The van der Waals surface area contributed by atoms with Gasteiger partial charge in [-0.3, -0.25) is 14.4 Å². The Hall–Kier alpha value is 1.26. The maximum absolute atomic E-state index is 11.2. The first-order valence-corrected chi connectivity index (χ1v) is 18.8. The number of hydrogen-bond acceptors (Lipinski definition) is 15. The van der Waals surface area contributed by atoms with Gasteiger partial charge in [0.2, 0.25) is 0 Å². The molecule has 0 aromatic carbocycles. The van der Waals surface area contributed by atoms with Crippen LogP contribution in [0.5, 0.6) is 0 Å². The number of carboxylic acids is 1. The molecule has 0 fully saturated rings. The van der Waals surface area contributed by atoms with Crippen molar-refractivity contribution in [3.63, 3.8) is 0 Å². The maximum Gasteiger partial charge on any atom is 1.00 e. The van der Waals surface area contributed by atoms with Crippen molar-refractivity contribution in [1.82, 2.24) is 0 Å². The molecule has 0 rings (SSSR count). The number of aliphatic carboxylic acids is 1. The van der Waals surface area contributed by atoms with Crippen molar-refractivity contribution in [1.29, 1.82) is 0 Å². The number of ether oxygens (including phenoxy) is 4. The normalized spacial score (nSPS) is 6.54. The smallest absolute Gasteiger partial charge is 0.850 e. The number of aliphatic hydroxyl groups excluding tert-OH is 1. The molecule has 386 valence electrons. The molecule has 0 bridgehead atoms. The zero-order chi connectivity index (χ0) is 52.1. The number of allylic oxidation sites excluding steroid dienone is 2. The van der Waals surface area contributed by atoms with Gasteiger partial charge >= 0.3 is 83.7 Å². The SMILES string of the molecule is C/C=C/C.CB(O)O.CB(O)O.CC.CC.CC.CC.CC(=O)O.CC(C)(C)[O-].CC=O.CCC.CO.COC(C)(F)F.COC(C)=O.COC(C)=O.COC(C)=S.[CH3-].[CH3-].[K+].[Y].[Y]. The molecule has 0 aliphatic heterocycles. The molecule has 0 aliphatic rings. The van der Waals surface area contributed by atoms with Crippen molar-refractivity contribution >= 4 is 55.7 Å². The second kappa shape index (κ2) is 159. The van der Waals surface area contributed by atoms with E-state index in [9.17, 15) is 23.5 Å². The Labute approximate surface area is 488 Å². The van der Waals surface area contributed by atoms with Gasteiger partial charge in [-0.1, -0.05) is 109 Å². The van der Waals surface area contributed by atoms with Crippen molar-refractivity contribution in [2.75, 3.05) is 35.5 Å². The molecule has 0 atom stereocenters. The number of carbonyl (C=O) groups is 4. The molecule has 0 aliphatic carbocycles. The minimum absolute atomic E-state index is 0. The summed E-state index contributed by atoms with van der Waals surface area (Å²) >= 11 is 4.47. The summed E-state index contributed by atoms with van der Waals surface area (Å²) in [5.74, 6) is -1.32. The van der Waals surface area contributed by atoms with Crippen LogP contribution in [0.1, 0.15) is 152 Å². The molecule has 0 saturated heterocycles. The number of halogens is 2. The largest absolute Gasteiger partial charge is 1.00 e. The summed E-state index contributed by atoms with van der Waals surface area (Å²) in [7, 11) is 3.88. The van der Waals surface area contributed by atoms with Crippen molar-refractivity contribution in [3.05, 3.63) is 27.0 Å². The Morgan fingerprint density at radius 2 is 0.714 bits per heavy atom. The maximum atomic E-state index is 11.2. The number of hydrogen-bond donors (Lipinski definition) is 6. The zero-order valence-electron chi connectivity index (χ0n) is 46.3. The van der Waals surface area contributed by atoms with Crippen LogP contribution in [0.15, 0.2) is 12.2 Å². The fourth-order valence-electron chi connectivity index (χ4n) is 0. The van der Waals surface area contributed by atoms with E-state index in [0.717, 1.165) is 27.4 Å². The summed E-state index contributed by atoms with van der Waals surface area (Å²) in [6, 6.07) is 0. The number of rotatable bonds is 1. The van der Waals surface area contributed by atoms with Crippen LogP contribution in [-0.4, -0.2) is 121 Å². The number of thiocarbonyl (C=S) groups is 1. The van der Waals surface area contributed by atoms with Crippen LogP contribution in [-0.2, 0) is 104 Å². The van der Waals surface area contributed by atoms with Gasteiger partial charge in [0.1, 0.15) is 6.29 Å². The summed E-state index contributed by atoms with van der Waals surface area (Å²) in [5, 5.41) is 55.6. The van der Waals surface area contributed by atoms with E-state index >= 15 is 0 Å². The summed E-state index contributed by atoms with van der Waals surface area (Å²) in [6.07, 6.45) is 3.04. The van der Waals surface area contributed by atoms with Gasteiger partial charge in [-0.25, -0.2) is 0 Å². The minimum Gasteiger partial charge on any atom is -0.850 e. The fraction of sp³-hybridized carbons (Fsp3) is 0.775. The first-order chi connectivity index (χ1) is 26.3. The predicted molar refractivity (Wildman–Crippen MR) is 258 cm³/mol. The van der Waals surface area contributed by atoms with Gasteiger partial charge < -0.3 is 74.0 Å². The van der Waals surface area contributed by atoms with E-state index in [1.165, 1.54) is 55.1 Å². The van der Waals surface area contributed by atoms with Crippen LogP contribution in [0, 0.1) is 14.9 Å². The third kappa shape index (κ3) is 1870. The predicted octanol–water partition coefficient (Wildman–Crippen LogP) is 5.82. The second-order valence-corrected chi connectivity index (χ2v) is 9.18. The molecular formula is C40H101B2F2KO15SY2-2. The molecule has 0 aromatic rings. The van der Waals surface area contributed by atoms with Crippen molar-refractivity contribution in [2.24, 2.45) is 0 Å². The average molecular weight is 1130 g/mol. The molecule has 0 heterocycles. The topological polar surface area (TPSA) is 250 Å². The van der Waals surface area contributed by atoms with E-state index in [-0.39, 0.29) is 144 Å². The van der Waals surface area contributed by atoms with Gasteiger partial charge in [0.15, 0.2) is 5.05 Å². The number of alkyl halides is 2. The number of carboxylic acid groups (broad SMARTS) is 1. The molecule has 6 N–H and O–H groups in total. The Kier molecular flexibility index (Phi) is 347. The van der Waals surface area contributed by atoms with Crippen LogP contribution < -0.4 is 56.5 Å². The molecule has 0 amide bonds. The summed E-state index contributed by atoms with van der Waals surface area (Å²) in [5.41, 5.74) is -0.750. The van der Waals surface area contributed by atoms with Crippen LogP contribution >= 0.6 is 12.2 Å². The zero-order valence-corrected chi connectivity index (χ0v) is 55.9. The Morgan fingerprint density at radius 3 is 0.714 bits per heavy atom. The first-order valence-electron chi connectivity index (χ1n) is 18.4. The summed E-state index contributed by atoms with van der Waals surface area (Å²) in [4.78, 5) is 37.0. The molecule has 2 radical (unpaired) electrons. The second-order valence-electron chi connectivity index (χ2n) is 8.60. The minimum atomic E-state index is -2.96. The molecule has 0 saturated carbocycles. The molecule has 0 aromatic heterocycles. The Balaban J connectivity index is -0.0000000158. The van der Waals surface area contributed by atoms with E-state index in [0.29, 0.717) is 12.0 Å². The number of aliphatic hydroxyl groups is 1. The van der Waals surface area contributed by atoms with E-state index in [4.69, 9.17) is 39.9 Å². The standard InChI is InChI=1S/C4H9O.C4H8.C3H6F2O.2C3H6O2.C3H6OS.C3H8.C2H4O2.C2H4O.4C2H6.2CH5BO2.CH4O.2CH3.K.2Y/c1-4(2,3)5;1-3-4-2;1-3(4,5)6-2;2*1-3(4)5-2;1-3(5)4-2;1-3-2;1-2(3)4;1-2-3;4*1-2;2*1-2(3)4;1-2;;;;;/h1-3H3;3-4H,1-2H3;1-2H3;3*1-2H3;3H2,1-2H3;1H3,(H,3,4);2H,1H3;4*1-2H3;2*3-4H,1H3;2H,1H3;2*1H3;;;/q-1;;;;;;;;;;;;;;;;2*-1;+1;;/b;4-3+;;;;;;;;;;;;;;;;;;;. The van der Waals surface area contributed by atoms with E-state index in [1.807, 2.05) is 81.4 Å². The van der Waals surface area contributed by atoms with E-state index < -0.39 is 31.9 Å². The average Bonchev–Trinajstić information content (AvgIpc) is 3.12. The van der Waals surface area contributed by atoms with Gasteiger partial charge in [0.05, 0.1) is 21.3 Å². The number of methoxy groups -OCH3 is 4. The Bertz CT molecular complexity index is 631. The van der Waals surface area contributed by atoms with Crippen molar-refractivity contribution < 1.29 is 199 Å². The van der Waals surface area contributed by atoms with Crippen LogP contribution in [0.3, 0.4) is 0 Å². The Morgan fingerprint density at radius 1 is 0.651 bits per heavy atom. The molecule has 0 spiro atoms. The summed E-state index contributed by atoms with van der Waals surface area (Å²) < 4.78 is 38.8. The number of aldehydes is 1. The van der Waals surface area contributed by atoms with E-state index in [1.54, 1.807) is 34.8 Å². The molecule has 15 nitrogen and oxygen atoms in total. The van der Waals surface area contributed by atoms with Crippen LogP contribution in [0.4, 0.5) is 8.78 Å². The van der Waals surface area contributed by atoms with Gasteiger partial charge in [-0.15, -0.1) is 5.60 Å². The molecule has 23 heteroatoms. The first kappa shape index (κ1) is 137. The van der Waals surface area contributed by atoms with Crippen LogP contribution in [0.25, 0.3) is 0 Å². The number of esters is 2. The van der Waals surface area contributed by atoms with E-state index in [2.05, 4.69) is 45.0 Å². The fourth-order valence-corrected chi connectivity index (χ4v) is 0. The van der Waals surface area contributed by atoms with Gasteiger partial charge in [0.25, 0.3) is 5.97 Å². The van der Waals surface area contributed by atoms with Crippen LogP contribution in [0.2, 0.25) is 13.6 Å². The van der Waals surface area contributed by atoms with Crippen molar-refractivity contribution in [2.45, 2.75) is 177 Å². The van der Waals surface area contributed by atoms with Gasteiger partial charge in [-0.2, -0.15) is 8.78 Å². The third-order valence-electron chi connectivity index (χ3n) is 1.55. The number of carbonyl (C=O) groups excluding carboxylic acids is 3. The quantitative estimate of drug-likeness (QED) is 0.0452. The van der Waals surface area contributed by atoms with Gasteiger partial charge in [-0.05, 0) is 46.6 Å². The third-order valence-corrected chi connectivity index (χ3v) is 1.72. The molecule has 0 unspecified atom stereocenters. The van der Waals surface area contributed by atoms with Crippen molar-refractivity contribution in [3.8, 4) is 0 Å². The van der Waals surface area contributed by atoms with Gasteiger partial charge in [0, 0.05) is 114 Å². The molecule has 63 heavy (non-hydrogen) atoms. The molecular weight excluding hydrogens is 1030 g/mol. The summed E-state index contributed by atoms with van der Waals surface area (Å²) in [6.45, 7) is 39.4. The monoisotopic (exact) mass is 1130 g/mol.